The van der Waals surface area contributed by atoms with Crippen molar-refractivity contribution in [1.29, 1.82) is 0 Å². The third kappa shape index (κ3) is 1.88. The molecule has 1 saturated heterocycles. The van der Waals surface area contributed by atoms with E-state index in [0.717, 1.165) is 43.9 Å². The smallest absolute Gasteiger partial charge is 0.162 e. The molecule has 3 rings (SSSR count). The molecule has 1 fully saturated rings. The minimum absolute atomic E-state index is 0.290. The van der Waals surface area contributed by atoms with Crippen LogP contribution in [0.4, 0.5) is 5.82 Å². The van der Waals surface area contributed by atoms with Crippen molar-refractivity contribution < 1.29 is 4.74 Å². The fraction of sp³-hybridized carbons (Fsp3) is 0.714. The average Bonchev–Trinajstić information content (AvgIpc) is 2.86. The Kier molecular flexibility index (Phi) is 2.98. The standard InChI is InChI=1S/C14H21N3O/c1-14(8-3-4-9-18-14)13-16-11-7-5-6-10(11)12(15-2)17-13/h3-9H2,1-2H3,(H,15,16,17). The maximum Gasteiger partial charge on any atom is 0.162 e. The Balaban J connectivity index is 2.02. The van der Waals surface area contributed by atoms with Crippen LogP contribution in [-0.4, -0.2) is 23.6 Å². The summed E-state index contributed by atoms with van der Waals surface area (Å²) in [6, 6.07) is 0. The Morgan fingerprint density at radius 1 is 1.17 bits per heavy atom. The molecule has 4 nitrogen and oxygen atoms in total. The van der Waals surface area contributed by atoms with Crippen LogP contribution < -0.4 is 5.32 Å². The van der Waals surface area contributed by atoms with Crippen LogP contribution in [-0.2, 0) is 23.2 Å². The van der Waals surface area contributed by atoms with E-state index in [9.17, 15) is 0 Å². The van der Waals surface area contributed by atoms with Gasteiger partial charge in [0, 0.05) is 24.9 Å². The first kappa shape index (κ1) is 11.9. The van der Waals surface area contributed by atoms with E-state index in [1.54, 1.807) is 0 Å². The van der Waals surface area contributed by atoms with Crippen LogP contribution >= 0.6 is 0 Å². The van der Waals surface area contributed by atoms with Gasteiger partial charge in [-0.3, -0.25) is 0 Å². The largest absolute Gasteiger partial charge is 0.373 e. The van der Waals surface area contributed by atoms with Gasteiger partial charge in [0.1, 0.15) is 11.4 Å². The van der Waals surface area contributed by atoms with Crippen LogP contribution in [0.15, 0.2) is 0 Å². The molecule has 0 saturated carbocycles. The molecule has 0 aromatic carbocycles. The lowest BCUT2D eigenvalue weighted by Gasteiger charge is -2.32. The van der Waals surface area contributed by atoms with E-state index in [1.807, 2.05) is 7.05 Å². The predicted octanol–water partition coefficient (Wildman–Crippen LogP) is 2.42. The van der Waals surface area contributed by atoms with Crippen LogP contribution in [0.25, 0.3) is 0 Å². The number of hydrogen-bond acceptors (Lipinski definition) is 4. The molecule has 1 aromatic rings. The zero-order chi connectivity index (χ0) is 12.6. The van der Waals surface area contributed by atoms with Crippen molar-refractivity contribution in [2.45, 2.75) is 51.0 Å². The Bertz CT molecular complexity index is 453. The summed E-state index contributed by atoms with van der Waals surface area (Å²) in [7, 11) is 1.94. The highest BCUT2D eigenvalue weighted by atomic mass is 16.5. The molecule has 1 aliphatic carbocycles. The van der Waals surface area contributed by atoms with Crippen molar-refractivity contribution in [1.82, 2.24) is 9.97 Å². The van der Waals surface area contributed by atoms with Gasteiger partial charge in [-0.25, -0.2) is 9.97 Å². The number of ether oxygens (including phenoxy) is 1. The van der Waals surface area contributed by atoms with E-state index in [2.05, 4.69) is 12.2 Å². The van der Waals surface area contributed by atoms with Crippen LogP contribution in [0, 0.1) is 0 Å². The summed E-state index contributed by atoms with van der Waals surface area (Å²) in [5.74, 6) is 1.87. The molecule has 0 radical (unpaired) electrons. The summed E-state index contributed by atoms with van der Waals surface area (Å²) < 4.78 is 5.96. The van der Waals surface area contributed by atoms with Crippen LogP contribution in [0.2, 0.25) is 0 Å². The lowest BCUT2D eigenvalue weighted by atomic mass is 9.95. The van der Waals surface area contributed by atoms with Gasteiger partial charge in [0.05, 0.1) is 0 Å². The second-order valence-corrected chi connectivity index (χ2v) is 5.46. The van der Waals surface area contributed by atoms with Gasteiger partial charge in [-0.15, -0.1) is 0 Å². The Morgan fingerprint density at radius 3 is 2.78 bits per heavy atom. The second kappa shape index (κ2) is 4.50. The summed E-state index contributed by atoms with van der Waals surface area (Å²) >= 11 is 0. The van der Waals surface area contributed by atoms with Gasteiger partial charge in [0.2, 0.25) is 0 Å². The zero-order valence-electron chi connectivity index (χ0n) is 11.3. The molecule has 1 aromatic heterocycles. The van der Waals surface area contributed by atoms with Gasteiger partial charge in [-0.05, 0) is 45.4 Å². The lowest BCUT2D eigenvalue weighted by molar-refractivity contribution is -0.0760. The fourth-order valence-electron chi connectivity index (χ4n) is 2.99. The molecule has 4 heteroatoms. The van der Waals surface area contributed by atoms with Crippen molar-refractivity contribution in [3.63, 3.8) is 0 Å². The number of nitrogens with zero attached hydrogens (tertiary/aromatic N) is 2. The number of nitrogens with one attached hydrogen (secondary N) is 1. The van der Waals surface area contributed by atoms with Crippen LogP contribution in [0.5, 0.6) is 0 Å². The molecule has 1 aliphatic heterocycles. The average molecular weight is 247 g/mol. The SMILES string of the molecule is CNc1nc(C2(C)CCCCO2)nc2c1CCC2. The third-order valence-corrected chi connectivity index (χ3v) is 4.11. The van der Waals surface area contributed by atoms with Crippen LogP contribution in [0.1, 0.15) is 49.7 Å². The normalized spacial score (nSPS) is 27.0. The number of fused-ring (bicyclic) bond motifs is 1. The highest BCUT2D eigenvalue weighted by molar-refractivity contribution is 5.48. The number of hydrogen-bond donors (Lipinski definition) is 1. The molecular weight excluding hydrogens is 226 g/mol. The minimum Gasteiger partial charge on any atom is -0.373 e. The minimum atomic E-state index is -0.290. The van der Waals surface area contributed by atoms with Gasteiger partial charge in [0.15, 0.2) is 5.82 Å². The quantitative estimate of drug-likeness (QED) is 0.872. The first-order chi connectivity index (χ1) is 8.73. The molecule has 18 heavy (non-hydrogen) atoms. The van der Waals surface area contributed by atoms with Crippen molar-refractivity contribution in [2.24, 2.45) is 0 Å². The molecule has 2 heterocycles. The van der Waals surface area contributed by atoms with Gasteiger partial charge in [-0.2, -0.15) is 0 Å². The van der Waals surface area contributed by atoms with Crippen LogP contribution in [0.3, 0.4) is 0 Å². The maximum absolute atomic E-state index is 5.96. The number of aryl methyl sites for hydroxylation is 1. The molecule has 1 N–H and O–H groups in total. The van der Waals surface area contributed by atoms with Crippen molar-refractivity contribution in [3.8, 4) is 0 Å². The van der Waals surface area contributed by atoms with Gasteiger partial charge < -0.3 is 10.1 Å². The number of aromatic nitrogens is 2. The molecule has 0 amide bonds. The summed E-state index contributed by atoms with van der Waals surface area (Å²) in [5, 5.41) is 3.22. The molecule has 0 spiro atoms. The molecule has 2 aliphatic rings. The van der Waals surface area contributed by atoms with Crippen molar-refractivity contribution in [2.75, 3.05) is 19.0 Å². The van der Waals surface area contributed by atoms with Crippen molar-refractivity contribution >= 4 is 5.82 Å². The fourth-order valence-corrected chi connectivity index (χ4v) is 2.99. The van der Waals surface area contributed by atoms with E-state index in [4.69, 9.17) is 14.7 Å². The summed E-state index contributed by atoms with van der Waals surface area (Å²) in [5.41, 5.74) is 2.24. The molecule has 1 atom stereocenters. The Morgan fingerprint density at radius 2 is 2.06 bits per heavy atom. The Hall–Kier alpha value is -1.16. The van der Waals surface area contributed by atoms with Gasteiger partial charge in [0.25, 0.3) is 0 Å². The summed E-state index contributed by atoms with van der Waals surface area (Å²) in [6.45, 7) is 2.95. The van der Waals surface area contributed by atoms with E-state index in [-0.39, 0.29) is 5.60 Å². The molecule has 98 valence electrons. The number of anilines is 1. The Labute approximate surface area is 108 Å². The van der Waals surface area contributed by atoms with Gasteiger partial charge >= 0.3 is 0 Å². The highest BCUT2D eigenvalue weighted by Crippen LogP contribution is 2.35. The van der Waals surface area contributed by atoms with E-state index < -0.39 is 0 Å². The first-order valence-electron chi connectivity index (χ1n) is 6.95. The number of rotatable bonds is 2. The summed E-state index contributed by atoms with van der Waals surface area (Å²) in [4.78, 5) is 9.49. The summed E-state index contributed by atoms with van der Waals surface area (Å²) in [6.07, 6.45) is 6.75. The van der Waals surface area contributed by atoms with Gasteiger partial charge in [-0.1, -0.05) is 0 Å². The maximum atomic E-state index is 5.96. The molecule has 1 unspecified atom stereocenters. The van der Waals surface area contributed by atoms with Crippen molar-refractivity contribution in [3.05, 3.63) is 17.1 Å². The first-order valence-corrected chi connectivity index (χ1v) is 6.95. The topological polar surface area (TPSA) is 47.0 Å². The predicted molar refractivity (Wildman–Crippen MR) is 70.8 cm³/mol. The monoisotopic (exact) mass is 247 g/mol. The highest BCUT2D eigenvalue weighted by Gasteiger charge is 2.34. The molecule has 0 bridgehead atoms. The van der Waals surface area contributed by atoms with E-state index in [0.29, 0.717) is 0 Å². The lowest BCUT2D eigenvalue weighted by Crippen LogP contribution is -2.33. The van der Waals surface area contributed by atoms with E-state index >= 15 is 0 Å². The zero-order valence-corrected chi connectivity index (χ0v) is 11.3. The van der Waals surface area contributed by atoms with E-state index in [1.165, 1.54) is 24.1 Å². The second-order valence-electron chi connectivity index (χ2n) is 5.46. The molecular formula is C14H21N3O. The third-order valence-electron chi connectivity index (χ3n) is 4.11.